The van der Waals surface area contributed by atoms with Gasteiger partial charge in [-0.05, 0) is 6.42 Å². The molecule has 0 aromatic carbocycles. The fourth-order valence-corrected chi connectivity index (χ4v) is 4.07. The maximum atomic E-state index is 5.40. The van der Waals surface area contributed by atoms with Gasteiger partial charge in [-0.15, -0.1) is 11.3 Å². The third kappa shape index (κ3) is 2.65. The van der Waals surface area contributed by atoms with Crippen LogP contribution in [0.5, 0.6) is 0 Å². The summed E-state index contributed by atoms with van der Waals surface area (Å²) in [4.78, 5) is 12.9. The largest absolute Gasteiger partial charge is 0.378 e. The molecule has 20 heavy (non-hydrogen) atoms. The minimum Gasteiger partial charge on any atom is -0.378 e. The summed E-state index contributed by atoms with van der Waals surface area (Å²) in [7, 11) is 1.90. The Morgan fingerprint density at radius 1 is 1.35 bits per heavy atom. The van der Waals surface area contributed by atoms with E-state index in [9.17, 15) is 0 Å². The molecule has 2 aromatic heterocycles. The molecule has 1 N–H and O–H groups in total. The number of hydrogen-bond acceptors (Lipinski definition) is 7. The van der Waals surface area contributed by atoms with Crippen LogP contribution in [-0.2, 0) is 11.2 Å². The molecule has 0 saturated carbocycles. The minimum absolute atomic E-state index is 0.789. The first-order valence-corrected chi connectivity index (χ1v) is 8.47. The highest BCUT2D eigenvalue weighted by molar-refractivity contribution is 7.19. The summed E-state index contributed by atoms with van der Waals surface area (Å²) in [5.74, 6) is 0. The molecule has 0 spiro atoms. The van der Waals surface area contributed by atoms with Crippen molar-refractivity contribution in [2.24, 2.45) is 0 Å². The fourth-order valence-electron chi connectivity index (χ4n) is 2.16. The summed E-state index contributed by atoms with van der Waals surface area (Å²) in [5.41, 5.74) is 2.18. The highest BCUT2D eigenvalue weighted by atomic mass is 32.1. The molecule has 108 valence electrons. The van der Waals surface area contributed by atoms with Crippen molar-refractivity contribution in [2.75, 3.05) is 43.6 Å². The molecule has 1 saturated heterocycles. The summed E-state index contributed by atoms with van der Waals surface area (Å²) in [6, 6.07) is 0. The normalized spacial score (nSPS) is 15.6. The first-order chi connectivity index (χ1) is 9.81. The van der Waals surface area contributed by atoms with E-state index in [4.69, 9.17) is 9.72 Å². The summed E-state index contributed by atoms with van der Waals surface area (Å²) in [6.07, 6.45) is 0.933. The van der Waals surface area contributed by atoms with Gasteiger partial charge in [0.1, 0.15) is 0 Å². The van der Waals surface area contributed by atoms with E-state index in [-0.39, 0.29) is 0 Å². The minimum atomic E-state index is 0.789. The molecule has 0 aliphatic carbocycles. The average molecular weight is 310 g/mol. The van der Waals surface area contributed by atoms with Crippen LogP contribution in [0.25, 0.3) is 10.6 Å². The van der Waals surface area contributed by atoms with Gasteiger partial charge in [-0.1, -0.05) is 18.3 Å². The SMILES string of the molecule is CCc1nc(N2CCOCC2)sc1-c1csc(NC)n1. The maximum Gasteiger partial charge on any atom is 0.186 e. The molecule has 0 radical (unpaired) electrons. The average Bonchev–Trinajstić information content (AvgIpc) is 3.14. The Bertz CT molecular complexity index is 575. The van der Waals surface area contributed by atoms with Gasteiger partial charge in [0, 0.05) is 25.5 Å². The van der Waals surface area contributed by atoms with Crippen LogP contribution in [0.15, 0.2) is 5.38 Å². The molecule has 5 nitrogen and oxygen atoms in total. The van der Waals surface area contributed by atoms with E-state index in [1.165, 1.54) is 4.88 Å². The number of rotatable bonds is 4. The van der Waals surface area contributed by atoms with Crippen molar-refractivity contribution in [2.45, 2.75) is 13.3 Å². The number of ether oxygens (including phenoxy) is 1. The van der Waals surface area contributed by atoms with Crippen LogP contribution in [0.2, 0.25) is 0 Å². The molecule has 7 heteroatoms. The zero-order valence-corrected chi connectivity index (χ0v) is 13.3. The zero-order chi connectivity index (χ0) is 13.9. The van der Waals surface area contributed by atoms with Gasteiger partial charge in [-0.2, -0.15) is 0 Å². The number of nitrogens with one attached hydrogen (secondary N) is 1. The maximum absolute atomic E-state index is 5.40. The smallest absolute Gasteiger partial charge is 0.186 e. The summed E-state index contributed by atoms with van der Waals surface area (Å²) in [5, 5.41) is 7.23. The first-order valence-electron chi connectivity index (χ1n) is 6.78. The highest BCUT2D eigenvalue weighted by Gasteiger charge is 2.19. The summed E-state index contributed by atoms with van der Waals surface area (Å²) < 4.78 is 5.40. The Kier molecular flexibility index (Phi) is 4.18. The number of aryl methyl sites for hydroxylation is 1. The summed E-state index contributed by atoms with van der Waals surface area (Å²) in [6.45, 7) is 5.57. The lowest BCUT2D eigenvalue weighted by atomic mass is 10.2. The second-order valence-electron chi connectivity index (χ2n) is 4.51. The van der Waals surface area contributed by atoms with Crippen molar-refractivity contribution in [1.29, 1.82) is 0 Å². The van der Waals surface area contributed by atoms with Gasteiger partial charge in [0.05, 0.1) is 29.5 Å². The van der Waals surface area contributed by atoms with Crippen molar-refractivity contribution >= 4 is 32.9 Å². The lowest BCUT2D eigenvalue weighted by molar-refractivity contribution is 0.122. The van der Waals surface area contributed by atoms with Crippen LogP contribution in [0, 0.1) is 0 Å². The quantitative estimate of drug-likeness (QED) is 0.941. The molecule has 3 heterocycles. The molecule has 0 unspecified atom stereocenters. The van der Waals surface area contributed by atoms with Gasteiger partial charge in [0.2, 0.25) is 0 Å². The fraction of sp³-hybridized carbons (Fsp3) is 0.538. The standard InChI is InChI=1S/C13H18N4OS2/c1-3-9-11(10-8-19-12(14-2)15-10)20-13(16-9)17-4-6-18-7-5-17/h8H,3-7H2,1-2H3,(H,14,15). The number of anilines is 2. The van der Waals surface area contributed by atoms with Crippen LogP contribution in [0.4, 0.5) is 10.3 Å². The topological polar surface area (TPSA) is 50.3 Å². The molecule has 1 aliphatic heterocycles. The van der Waals surface area contributed by atoms with Crippen molar-refractivity contribution in [3.8, 4) is 10.6 Å². The predicted octanol–water partition coefficient (Wildman–Crippen LogP) is 2.71. The van der Waals surface area contributed by atoms with Gasteiger partial charge < -0.3 is 15.0 Å². The molecule has 2 aromatic rings. The van der Waals surface area contributed by atoms with Crippen LogP contribution in [0.3, 0.4) is 0 Å². The second-order valence-corrected chi connectivity index (χ2v) is 6.35. The third-order valence-electron chi connectivity index (χ3n) is 3.25. The monoisotopic (exact) mass is 310 g/mol. The highest BCUT2D eigenvalue weighted by Crippen LogP contribution is 2.36. The van der Waals surface area contributed by atoms with E-state index in [0.717, 1.165) is 54.4 Å². The molecule has 3 rings (SSSR count). The molecule has 0 bridgehead atoms. The number of thiazole rings is 2. The van der Waals surface area contributed by atoms with E-state index in [1.807, 2.05) is 7.05 Å². The number of nitrogens with zero attached hydrogens (tertiary/aromatic N) is 3. The van der Waals surface area contributed by atoms with Crippen LogP contribution in [-0.4, -0.2) is 43.3 Å². The van der Waals surface area contributed by atoms with E-state index >= 15 is 0 Å². The Hall–Kier alpha value is -1.18. The molecular weight excluding hydrogens is 292 g/mol. The number of hydrogen-bond donors (Lipinski definition) is 1. The van der Waals surface area contributed by atoms with Crippen molar-refractivity contribution in [1.82, 2.24) is 9.97 Å². The van der Waals surface area contributed by atoms with Gasteiger partial charge in [0.25, 0.3) is 0 Å². The zero-order valence-electron chi connectivity index (χ0n) is 11.7. The van der Waals surface area contributed by atoms with Crippen LogP contribution < -0.4 is 10.2 Å². The van der Waals surface area contributed by atoms with E-state index < -0.39 is 0 Å². The predicted molar refractivity (Wildman–Crippen MR) is 85.2 cm³/mol. The Labute approximate surface area is 126 Å². The van der Waals surface area contributed by atoms with Gasteiger partial charge >= 0.3 is 0 Å². The van der Waals surface area contributed by atoms with Crippen LogP contribution in [0.1, 0.15) is 12.6 Å². The molecule has 0 amide bonds. The molecule has 1 fully saturated rings. The van der Waals surface area contributed by atoms with E-state index in [1.54, 1.807) is 22.7 Å². The van der Waals surface area contributed by atoms with Crippen LogP contribution >= 0.6 is 22.7 Å². The third-order valence-corrected chi connectivity index (χ3v) is 5.29. The lowest BCUT2D eigenvalue weighted by Crippen LogP contribution is -2.36. The Balaban J connectivity index is 1.91. The second kappa shape index (κ2) is 6.07. The van der Waals surface area contributed by atoms with Crippen molar-refractivity contribution in [3.63, 3.8) is 0 Å². The molecule has 1 aliphatic rings. The summed E-state index contributed by atoms with van der Waals surface area (Å²) >= 11 is 3.37. The van der Waals surface area contributed by atoms with Gasteiger partial charge in [-0.3, -0.25) is 0 Å². The van der Waals surface area contributed by atoms with Gasteiger partial charge in [0.15, 0.2) is 10.3 Å². The molecule has 0 atom stereocenters. The van der Waals surface area contributed by atoms with E-state index in [0.29, 0.717) is 0 Å². The molecular formula is C13H18N4OS2. The van der Waals surface area contributed by atoms with Crippen molar-refractivity contribution < 1.29 is 4.74 Å². The van der Waals surface area contributed by atoms with E-state index in [2.05, 4.69) is 27.5 Å². The Morgan fingerprint density at radius 3 is 2.80 bits per heavy atom. The first kappa shape index (κ1) is 13.8. The lowest BCUT2D eigenvalue weighted by Gasteiger charge is -2.26. The number of morpholine rings is 1. The Morgan fingerprint density at radius 2 is 2.15 bits per heavy atom. The number of aromatic nitrogens is 2. The van der Waals surface area contributed by atoms with Gasteiger partial charge in [-0.25, -0.2) is 9.97 Å². The van der Waals surface area contributed by atoms with Crippen molar-refractivity contribution in [3.05, 3.63) is 11.1 Å².